The van der Waals surface area contributed by atoms with E-state index in [9.17, 15) is 34.8 Å². The van der Waals surface area contributed by atoms with Gasteiger partial charge in [-0.1, -0.05) is 46.3 Å². The SMILES string of the molecule is O=C(NCCNS(=O)(=O)c1cc(S(=O)(=O)c2ccccc2)ccc1C(F)(F)F)OCc1ccc(Br)cc1. The number of carbonyl (C=O) groups excluding carboxylic acids is 1. The molecule has 0 heterocycles. The van der Waals surface area contributed by atoms with Crippen molar-refractivity contribution in [3.05, 3.63) is 88.4 Å². The lowest BCUT2D eigenvalue weighted by Crippen LogP contribution is -2.35. The monoisotopic (exact) mass is 620 g/mol. The van der Waals surface area contributed by atoms with Crippen LogP contribution in [0.25, 0.3) is 0 Å². The molecule has 0 aliphatic rings. The summed E-state index contributed by atoms with van der Waals surface area (Å²) in [6.07, 6.45) is -5.94. The summed E-state index contributed by atoms with van der Waals surface area (Å²) >= 11 is 3.27. The molecule has 3 rings (SSSR count). The van der Waals surface area contributed by atoms with Gasteiger partial charge in [0.25, 0.3) is 0 Å². The Morgan fingerprint density at radius 3 is 2.14 bits per heavy atom. The molecule has 37 heavy (non-hydrogen) atoms. The van der Waals surface area contributed by atoms with E-state index in [-0.39, 0.29) is 18.0 Å². The van der Waals surface area contributed by atoms with Crippen molar-refractivity contribution >= 4 is 41.9 Å². The minimum atomic E-state index is -5.08. The fraction of sp³-hybridized carbons (Fsp3) is 0.174. The van der Waals surface area contributed by atoms with Crippen LogP contribution in [0.4, 0.5) is 18.0 Å². The summed E-state index contributed by atoms with van der Waals surface area (Å²) in [6, 6.07) is 15.4. The average molecular weight is 621 g/mol. The molecule has 0 aromatic heterocycles. The largest absolute Gasteiger partial charge is 0.445 e. The molecule has 0 bridgehead atoms. The molecule has 198 valence electrons. The topological polar surface area (TPSA) is 119 Å². The maximum Gasteiger partial charge on any atom is 0.417 e. The maximum atomic E-state index is 13.6. The van der Waals surface area contributed by atoms with Gasteiger partial charge in [0.2, 0.25) is 19.9 Å². The first kappa shape index (κ1) is 28.6. The molecule has 2 N–H and O–H groups in total. The number of nitrogens with one attached hydrogen (secondary N) is 2. The summed E-state index contributed by atoms with van der Waals surface area (Å²) in [4.78, 5) is 9.73. The fourth-order valence-electron chi connectivity index (χ4n) is 3.07. The van der Waals surface area contributed by atoms with Crippen molar-refractivity contribution in [1.29, 1.82) is 0 Å². The summed E-state index contributed by atoms with van der Waals surface area (Å²) in [6.45, 7) is -0.840. The Hall–Kier alpha value is -2.94. The zero-order valence-electron chi connectivity index (χ0n) is 18.8. The summed E-state index contributed by atoms with van der Waals surface area (Å²) in [5.41, 5.74) is -0.835. The van der Waals surface area contributed by atoms with E-state index in [1.165, 1.54) is 24.3 Å². The lowest BCUT2D eigenvalue weighted by Gasteiger charge is -2.16. The molecule has 14 heteroatoms. The highest BCUT2D eigenvalue weighted by atomic mass is 79.9. The molecule has 8 nitrogen and oxygen atoms in total. The molecule has 0 unspecified atom stereocenters. The lowest BCUT2D eigenvalue weighted by atomic mass is 10.2. The third-order valence-corrected chi connectivity index (χ3v) is 8.68. The average Bonchev–Trinajstić information content (AvgIpc) is 2.86. The second-order valence-electron chi connectivity index (χ2n) is 7.50. The number of halogens is 4. The summed E-state index contributed by atoms with van der Waals surface area (Å²) < 4.78 is 99.6. The highest BCUT2D eigenvalue weighted by Crippen LogP contribution is 2.36. The van der Waals surface area contributed by atoms with Crippen LogP contribution < -0.4 is 10.0 Å². The van der Waals surface area contributed by atoms with Crippen LogP contribution in [0.15, 0.2) is 92.0 Å². The van der Waals surface area contributed by atoms with E-state index in [1.807, 2.05) is 4.72 Å². The van der Waals surface area contributed by atoms with Gasteiger partial charge in [0.15, 0.2) is 0 Å². The van der Waals surface area contributed by atoms with Gasteiger partial charge < -0.3 is 10.1 Å². The van der Waals surface area contributed by atoms with Crippen molar-refractivity contribution in [1.82, 2.24) is 10.0 Å². The normalized spacial score (nSPS) is 12.2. The summed E-state index contributed by atoms with van der Waals surface area (Å²) in [7, 11) is -9.12. The van der Waals surface area contributed by atoms with Crippen molar-refractivity contribution in [3.8, 4) is 0 Å². The van der Waals surface area contributed by atoms with Crippen LogP contribution in [0.3, 0.4) is 0 Å². The van der Waals surface area contributed by atoms with Crippen LogP contribution in [0.5, 0.6) is 0 Å². The van der Waals surface area contributed by atoms with Crippen molar-refractivity contribution in [3.63, 3.8) is 0 Å². The first-order chi connectivity index (χ1) is 17.3. The lowest BCUT2D eigenvalue weighted by molar-refractivity contribution is -0.139. The molecular weight excluding hydrogens is 601 g/mol. The maximum absolute atomic E-state index is 13.6. The Kier molecular flexibility index (Phi) is 9.00. The molecule has 3 aromatic rings. The van der Waals surface area contributed by atoms with E-state index < -0.39 is 54.0 Å². The van der Waals surface area contributed by atoms with Gasteiger partial charge in [-0.3, -0.25) is 0 Å². The molecule has 3 aromatic carbocycles. The highest BCUT2D eigenvalue weighted by Gasteiger charge is 2.38. The number of amides is 1. The minimum Gasteiger partial charge on any atom is -0.445 e. The number of benzene rings is 3. The van der Waals surface area contributed by atoms with E-state index in [0.29, 0.717) is 23.8 Å². The number of ether oxygens (including phenoxy) is 1. The molecule has 0 spiro atoms. The van der Waals surface area contributed by atoms with Crippen molar-refractivity contribution in [2.45, 2.75) is 27.5 Å². The third-order valence-electron chi connectivity index (χ3n) is 4.88. The van der Waals surface area contributed by atoms with E-state index >= 15 is 0 Å². The molecule has 0 saturated carbocycles. The van der Waals surface area contributed by atoms with Gasteiger partial charge in [0.1, 0.15) is 6.61 Å². The molecule has 0 atom stereocenters. The Morgan fingerprint density at radius 2 is 1.51 bits per heavy atom. The molecule has 0 radical (unpaired) electrons. The third kappa shape index (κ3) is 7.53. The summed E-state index contributed by atoms with van der Waals surface area (Å²) in [5.74, 6) is 0. The van der Waals surface area contributed by atoms with Crippen molar-refractivity contribution in [2.75, 3.05) is 13.1 Å². The van der Waals surface area contributed by atoms with Crippen LogP contribution in [0.2, 0.25) is 0 Å². The Morgan fingerprint density at radius 1 is 0.865 bits per heavy atom. The number of hydrogen-bond donors (Lipinski definition) is 2. The Labute approximate surface area is 219 Å². The van der Waals surface area contributed by atoms with E-state index in [4.69, 9.17) is 4.74 Å². The van der Waals surface area contributed by atoms with Gasteiger partial charge in [0, 0.05) is 17.6 Å². The van der Waals surface area contributed by atoms with Crippen LogP contribution in [0.1, 0.15) is 11.1 Å². The molecule has 0 saturated heterocycles. The van der Waals surface area contributed by atoms with Crippen molar-refractivity contribution in [2.24, 2.45) is 0 Å². The zero-order valence-corrected chi connectivity index (χ0v) is 22.0. The smallest absolute Gasteiger partial charge is 0.417 e. The second kappa shape index (κ2) is 11.6. The van der Waals surface area contributed by atoms with Crippen molar-refractivity contribution < 1.29 is 39.5 Å². The number of alkyl halides is 3. The highest BCUT2D eigenvalue weighted by molar-refractivity contribution is 9.10. The first-order valence-corrected chi connectivity index (χ1v) is 14.2. The Balaban J connectivity index is 1.71. The summed E-state index contributed by atoms with van der Waals surface area (Å²) in [5, 5.41) is 2.27. The predicted octanol–water partition coefficient (Wildman–Crippen LogP) is 4.51. The van der Waals surface area contributed by atoms with Crippen LogP contribution in [0, 0.1) is 0 Å². The molecular formula is C23H20BrF3N2O6S2. The standard InChI is InChI=1S/C23H20BrF3N2O6S2/c24-17-8-6-16(7-9-17)15-35-22(30)28-12-13-29-37(33,34)21-14-19(10-11-20(21)23(25,26)27)36(31,32)18-4-2-1-3-5-18/h1-11,14,29H,12-13,15H2,(H,28,30). The van der Waals surface area contributed by atoms with Gasteiger partial charge in [-0.05, 0) is 48.0 Å². The zero-order chi connectivity index (χ0) is 27.3. The number of carbonyl (C=O) groups is 1. The fourth-order valence-corrected chi connectivity index (χ4v) is 6.00. The van der Waals surface area contributed by atoms with Gasteiger partial charge >= 0.3 is 12.3 Å². The van der Waals surface area contributed by atoms with Gasteiger partial charge in [-0.25, -0.2) is 26.4 Å². The second-order valence-corrected chi connectivity index (χ2v) is 12.1. The Bertz CT molecular complexity index is 1460. The minimum absolute atomic E-state index is 0.0531. The quantitative estimate of drug-likeness (QED) is 0.340. The number of rotatable bonds is 9. The first-order valence-electron chi connectivity index (χ1n) is 10.5. The number of sulfone groups is 1. The van der Waals surface area contributed by atoms with Gasteiger partial charge in [-0.15, -0.1) is 0 Å². The number of hydrogen-bond acceptors (Lipinski definition) is 6. The van der Waals surface area contributed by atoms with Crippen LogP contribution >= 0.6 is 15.9 Å². The van der Waals surface area contributed by atoms with Crippen LogP contribution in [-0.4, -0.2) is 36.0 Å². The molecule has 1 amide bonds. The van der Waals surface area contributed by atoms with E-state index in [1.54, 1.807) is 30.3 Å². The molecule has 0 fully saturated rings. The molecule has 0 aliphatic carbocycles. The number of alkyl carbamates (subject to hydrolysis) is 1. The predicted molar refractivity (Wildman–Crippen MR) is 131 cm³/mol. The number of sulfonamides is 1. The van der Waals surface area contributed by atoms with E-state index in [0.717, 1.165) is 4.47 Å². The van der Waals surface area contributed by atoms with Crippen LogP contribution in [-0.2, 0) is 37.4 Å². The van der Waals surface area contributed by atoms with E-state index in [2.05, 4.69) is 21.2 Å². The molecule has 0 aliphatic heterocycles. The van der Waals surface area contributed by atoms with Gasteiger partial charge in [0.05, 0.1) is 20.2 Å². The van der Waals surface area contributed by atoms with Gasteiger partial charge in [-0.2, -0.15) is 13.2 Å².